The van der Waals surface area contributed by atoms with Gasteiger partial charge in [0.15, 0.2) is 0 Å². The molecule has 7 nitrogen and oxygen atoms in total. The number of rotatable bonds is 6. The van der Waals surface area contributed by atoms with Crippen LogP contribution in [-0.4, -0.2) is 37.3 Å². The molecule has 35 heavy (non-hydrogen) atoms. The molecule has 2 aliphatic rings. The lowest BCUT2D eigenvalue weighted by Crippen LogP contribution is -2.45. The van der Waals surface area contributed by atoms with Crippen molar-refractivity contribution < 1.29 is 23.9 Å². The molecule has 0 unspecified atom stereocenters. The standard InChI is InChI=1S/C28H22N2O5/c1-3-18-12-13-23(29-15-14-24(29)31)25(30-26(32)20-6-4-5-7-21(20)27(30)33)22(18)16-17-8-10-19(11-9-17)28(34)35-2/h3-13H,1,14-16H2,2H3. The van der Waals surface area contributed by atoms with Gasteiger partial charge >= 0.3 is 5.97 Å². The monoisotopic (exact) mass is 466 g/mol. The third-order valence-electron chi connectivity index (χ3n) is 6.43. The van der Waals surface area contributed by atoms with E-state index in [-0.39, 0.29) is 5.91 Å². The van der Waals surface area contributed by atoms with Crippen LogP contribution >= 0.6 is 0 Å². The number of fused-ring (bicyclic) bond motifs is 1. The van der Waals surface area contributed by atoms with Crippen LogP contribution in [-0.2, 0) is 16.0 Å². The number of ether oxygens (including phenoxy) is 1. The molecule has 3 aromatic rings. The van der Waals surface area contributed by atoms with E-state index >= 15 is 0 Å². The maximum Gasteiger partial charge on any atom is 0.337 e. The molecule has 3 aromatic carbocycles. The normalized spacial score (nSPS) is 14.6. The quantitative estimate of drug-likeness (QED) is 0.308. The molecular formula is C28H22N2O5. The van der Waals surface area contributed by atoms with Crippen LogP contribution in [0.25, 0.3) is 6.08 Å². The molecule has 0 N–H and O–H groups in total. The first-order valence-electron chi connectivity index (χ1n) is 11.2. The Morgan fingerprint density at radius 1 is 0.971 bits per heavy atom. The average molecular weight is 466 g/mol. The smallest absolute Gasteiger partial charge is 0.337 e. The molecule has 7 heteroatoms. The number of carbonyl (C=O) groups excluding carboxylic acids is 4. The second-order valence-corrected chi connectivity index (χ2v) is 8.36. The summed E-state index contributed by atoms with van der Waals surface area (Å²) >= 11 is 0. The zero-order valence-corrected chi connectivity index (χ0v) is 19.1. The number of hydrogen-bond donors (Lipinski definition) is 0. The summed E-state index contributed by atoms with van der Waals surface area (Å²) in [6.07, 6.45) is 2.43. The van der Waals surface area contributed by atoms with Crippen molar-refractivity contribution in [3.05, 3.63) is 101 Å². The minimum atomic E-state index is -0.437. The number of imide groups is 1. The Kier molecular flexibility index (Phi) is 5.53. The second kappa shape index (κ2) is 8.68. The molecule has 1 fully saturated rings. The van der Waals surface area contributed by atoms with Gasteiger partial charge in [0.25, 0.3) is 11.8 Å². The number of amides is 3. The van der Waals surface area contributed by atoms with Gasteiger partial charge in [0.05, 0.1) is 35.2 Å². The number of anilines is 2. The van der Waals surface area contributed by atoms with Gasteiger partial charge < -0.3 is 9.64 Å². The molecule has 174 valence electrons. The van der Waals surface area contributed by atoms with Crippen LogP contribution in [0.1, 0.15) is 54.2 Å². The van der Waals surface area contributed by atoms with E-state index in [1.165, 1.54) is 12.0 Å². The molecule has 0 spiro atoms. The summed E-state index contributed by atoms with van der Waals surface area (Å²) in [5, 5.41) is 0. The van der Waals surface area contributed by atoms with E-state index in [2.05, 4.69) is 6.58 Å². The van der Waals surface area contributed by atoms with Crippen LogP contribution in [0.2, 0.25) is 0 Å². The van der Waals surface area contributed by atoms with Crippen LogP contribution in [0.5, 0.6) is 0 Å². The number of benzene rings is 3. The van der Waals surface area contributed by atoms with Crippen molar-refractivity contribution in [3.63, 3.8) is 0 Å². The summed E-state index contributed by atoms with van der Waals surface area (Å²) < 4.78 is 4.77. The van der Waals surface area contributed by atoms with Crippen LogP contribution < -0.4 is 9.80 Å². The van der Waals surface area contributed by atoms with Crippen LogP contribution in [0.15, 0.2) is 67.2 Å². The molecule has 2 aliphatic heterocycles. The lowest BCUT2D eigenvalue weighted by molar-refractivity contribution is -0.122. The molecule has 5 rings (SSSR count). The molecule has 0 atom stereocenters. The lowest BCUT2D eigenvalue weighted by Gasteiger charge is -2.35. The number of esters is 1. The first kappa shape index (κ1) is 22.3. The summed E-state index contributed by atoms with van der Waals surface area (Å²) in [7, 11) is 1.32. The number of carbonyl (C=O) groups is 4. The van der Waals surface area contributed by atoms with Gasteiger partial charge in [0.2, 0.25) is 5.91 Å². The van der Waals surface area contributed by atoms with Crippen molar-refractivity contribution in [3.8, 4) is 0 Å². The summed E-state index contributed by atoms with van der Waals surface area (Å²) in [5.74, 6) is -1.36. The highest BCUT2D eigenvalue weighted by Crippen LogP contribution is 2.42. The fraction of sp³-hybridized carbons (Fsp3) is 0.143. The van der Waals surface area contributed by atoms with Gasteiger partial charge in [-0.25, -0.2) is 9.69 Å². The van der Waals surface area contributed by atoms with E-state index in [9.17, 15) is 19.2 Å². The van der Waals surface area contributed by atoms with Gasteiger partial charge in [0, 0.05) is 19.4 Å². The van der Waals surface area contributed by atoms with E-state index in [0.717, 1.165) is 11.1 Å². The zero-order chi connectivity index (χ0) is 24.7. The van der Waals surface area contributed by atoms with Gasteiger partial charge in [0.1, 0.15) is 0 Å². The molecule has 0 saturated carbocycles. The highest BCUT2D eigenvalue weighted by atomic mass is 16.5. The van der Waals surface area contributed by atoms with Crippen molar-refractivity contribution in [2.75, 3.05) is 23.5 Å². The molecule has 0 aromatic heterocycles. The lowest BCUT2D eigenvalue weighted by atomic mass is 9.94. The van der Waals surface area contributed by atoms with E-state index < -0.39 is 17.8 Å². The van der Waals surface area contributed by atoms with Crippen LogP contribution in [0.3, 0.4) is 0 Å². The Labute approximate surface area is 202 Å². The molecular weight excluding hydrogens is 444 g/mol. The SMILES string of the molecule is C=Cc1ccc(N2CCC2=O)c(N2C(=O)c3ccccc3C2=O)c1Cc1ccc(C(=O)OC)cc1. The first-order chi connectivity index (χ1) is 16.9. The number of β-lactam (4-membered cyclic amide) rings is 1. The highest BCUT2D eigenvalue weighted by Gasteiger charge is 2.41. The number of methoxy groups -OCH3 is 1. The van der Waals surface area contributed by atoms with Gasteiger partial charge in [-0.05, 0) is 47.0 Å². The van der Waals surface area contributed by atoms with E-state index in [1.807, 2.05) is 6.07 Å². The fourth-order valence-corrected chi connectivity index (χ4v) is 4.53. The van der Waals surface area contributed by atoms with Gasteiger partial charge in [-0.1, -0.05) is 43.0 Å². The predicted octanol–water partition coefficient (Wildman–Crippen LogP) is 4.24. The minimum absolute atomic E-state index is 0.0670. The minimum Gasteiger partial charge on any atom is -0.465 e. The molecule has 0 radical (unpaired) electrons. The molecule has 0 aliphatic carbocycles. The Bertz CT molecular complexity index is 1370. The van der Waals surface area contributed by atoms with E-state index in [1.54, 1.807) is 65.6 Å². The molecule has 1 saturated heterocycles. The van der Waals surface area contributed by atoms with Crippen molar-refractivity contribution in [1.82, 2.24) is 0 Å². The maximum absolute atomic E-state index is 13.5. The Balaban J connectivity index is 1.67. The summed E-state index contributed by atoms with van der Waals surface area (Å²) in [6, 6.07) is 17.2. The van der Waals surface area contributed by atoms with Gasteiger partial charge in [-0.15, -0.1) is 0 Å². The Hall–Kier alpha value is -4.52. The highest BCUT2D eigenvalue weighted by molar-refractivity contribution is 6.35. The maximum atomic E-state index is 13.5. The van der Waals surface area contributed by atoms with Crippen molar-refractivity contribution in [2.24, 2.45) is 0 Å². The third kappa shape index (κ3) is 3.61. The van der Waals surface area contributed by atoms with E-state index in [4.69, 9.17) is 4.74 Å². The number of hydrogen-bond acceptors (Lipinski definition) is 5. The summed E-state index contributed by atoms with van der Waals surface area (Å²) in [4.78, 5) is 53.9. The second-order valence-electron chi connectivity index (χ2n) is 8.36. The van der Waals surface area contributed by atoms with Crippen LogP contribution in [0, 0.1) is 0 Å². The molecule has 2 heterocycles. The largest absolute Gasteiger partial charge is 0.465 e. The van der Waals surface area contributed by atoms with Gasteiger partial charge in [-0.3, -0.25) is 14.4 Å². The molecule has 0 bridgehead atoms. The zero-order valence-electron chi connectivity index (χ0n) is 19.1. The van der Waals surface area contributed by atoms with Crippen molar-refractivity contribution >= 4 is 41.1 Å². The first-order valence-corrected chi connectivity index (χ1v) is 11.2. The summed E-state index contributed by atoms with van der Waals surface area (Å²) in [6.45, 7) is 4.43. The Morgan fingerprint density at radius 2 is 1.63 bits per heavy atom. The fourth-order valence-electron chi connectivity index (χ4n) is 4.53. The Morgan fingerprint density at radius 3 is 2.14 bits per heavy atom. The van der Waals surface area contributed by atoms with E-state index in [0.29, 0.717) is 53.0 Å². The van der Waals surface area contributed by atoms with Crippen molar-refractivity contribution in [2.45, 2.75) is 12.8 Å². The molecule has 3 amide bonds. The van der Waals surface area contributed by atoms with Gasteiger partial charge in [-0.2, -0.15) is 0 Å². The number of nitrogens with zero attached hydrogens (tertiary/aromatic N) is 2. The third-order valence-corrected chi connectivity index (χ3v) is 6.43. The predicted molar refractivity (Wildman–Crippen MR) is 132 cm³/mol. The summed E-state index contributed by atoms with van der Waals surface area (Å²) in [5.41, 5.74) is 4.27. The van der Waals surface area contributed by atoms with Crippen LogP contribution in [0.4, 0.5) is 11.4 Å². The topological polar surface area (TPSA) is 84.0 Å². The van der Waals surface area contributed by atoms with Crippen molar-refractivity contribution in [1.29, 1.82) is 0 Å². The average Bonchev–Trinajstić information content (AvgIpc) is 3.13.